The molecule has 1 aromatic rings. The Balaban J connectivity index is 1.90. The molecule has 1 N–H and O–H groups in total. The molecule has 3 heteroatoms. The number of piperidine rings is 1. The minimum Gasteiger partial charge on any atom is -0.466 e. The first-order valence-corrected chi connectivity index (χ1v) is 7.24. The number of likely N-dealkylation sites (tertiary alicyclic amines) is 1. The van der Waals surface area contributed by atoms with Crippen molar-refractivity contribution in [2.75, 3.05) is 19.7 Å². The van der Waals surface area contributed by atoms with Crippen LogP contribution in [0.5, 0.6) is 0 Å². The topological polar surface area (TPSA) is 30.7 Å². The maximum Gasteiger partial charge on any atom is 0.314 e. The molecule has 2 rings (SSSR count). The molecule has 1 aliphatic heterocycles. The van der Waals surface area contributed by atoms with E-state index in [4.69, 9.17) is 4.74 Å². The van der Waals surface area contributed by atoms with E-state index in [0.29, 0.717) is 6.61 Å². The van der Waals surface area contributed by atoms with Crippen molar-refractivity contribution >= 4 is 5.97 Å². The Morgan fingerprint density at radius 3 is 2.79 bits per heavy atom. The Hall–Kier alpha value is -1.35. The third kappa shape index (κ3) is 4.06. The number of carbonyl (C=O) groups is 1. The van der Waals surface area contributed by atoms with Crippen LogP contribution in [-0.4, -0.2) is 25.7 Å². The van der Waals surface area contributed by atoms with Crippen LogP contribution in [0, 0.1) is 12.8 Å². The summed E-state index contributed by atoms with van der Waals surface area (Å²) in [6, 6.07) is 8.69. The lowest BCUT2D eigenvalue weighted by molar-refractivity contribution is -0.921. The SMILES string of the molecule is CCOC(=O)[C@@H]1CCC[NH+](Cc2ccc(C)cc2)C1. The molecule has 1 fully saturated rings. The number of esters is 1. The van der Waals surface area contributed by atoms with E-state index in [0.717, 1.165) is 32.5 Å². The van der Waals surface area contributed by atoms with Gasteiger partial charge in [0.15, 0.2) is 0 Å². The second kappa shape index (κ2) is 6.71. The van der Waals surface area contributed by atoms with Crippen LogP contribution in [0.3, 0.4) is 0 Å². The molecule has 1 unspecified atom stereocenters. The number of aryl methyl sites for hydroxylation is 1. The summed E-state index contributed by atoms with van der Waals surface area (Å²) in [5, 5.41) is 0. The maximum absolute atomic E-state index is 11.8. The van der Waals surface area contributed by atoms with Crippen LogP contribution in [0.2, 0.25) is 0 Å². The molecule has 1 heterocycles. The zero-order valence-electron chi connectivity index (χ0n) is 11.9. The van der Waals surface area contributed by atoms with Gasteiger partial charge in [-0.3, -0.25) is 4.79 Å². The smallest absolute Gasteiger partial charge is 0.314 e. The van der Waals surface area contributed by atoms with E-state index >= 15 is 0 Å². The van der Waals surface area contributed by atoms with Crippen molar-refractivity contribution in [3.8, 4) is 0 Å². The Kier molecular flexibility index (Phi) is 4.97. The number of quaternary nitrogens is 1. The number of rotatable bonds is 4. The van der Waals surface area contributed by atoms with E-state index in [-0.39, 0.29) is 11.9 Å². The van der Waals surface area contributed by atoms with Gasteiger partial charge in [-0.05, 0) is 26.7 Å². The highest BCUT2D eigenvalue weighted by molar-refractivity contribution is 5.72. The first-order valence-electron chi connectivity index (χ1n) is 7.24. The van der Waals surface area contributed by atoms with Crippen LogP contribution in [0.25, 0.3) is 0 Å². The lowest BCUT2D eigenvalue weighted by Gasteiger charge is -2.28. The average Bonchev–Trinajstić information content (AvgIpc) is 2.42. The normalized spacial score (nSPS) is 23.1. The standard InChI is InChI=1S/C16H23NO2/c1-3-19-16(18)15-5-4-10-17(12-15)11-14-8-6-13(2)7-9-14/h6-9,15H,3-5,10-12H2,1-2H3/p+1/t15-/m1/s1. The van der Waals surface area contributed by atoms with E-state index in [9.17, 15) is 4.79 Å². The minimum absolute atomic E-state index is 0.0105. The zero-order chi connectivity index (χ0) is 13.7. The first-order chi connectivity index (χ1) is 9.19. The summed E-state index contributed by atoms with van der Waals surface area (Å²) in [5.41, 5.74) is 2.65. The number of ether oxygens (including phenoxy) is 1. The summed E-state index contributed by atoms with van der Waals surface area (Å²) < 4.78 is 5.14. The molecule has 0 aromatic heterocycles. The number of carbonyl (C=O) groups excluding carboxylic acids is 1. The summed E-state index contributed by atoms with van der Waals surface area (Å²) in [5.74, 6) is 0.0813. The molecule has 0 bridgehead atoms. The van der Waals surface area contributed by atoms with Crippen LogP contribution in [0.15, 0.2) is 24.3 Å². The Labute approximate surface area is 115 Å². The number of nitrogens with one attached hydrogen (secondary N) is 1. The van der Waals surface area contributed by atoms with Crippen LogP contribution < -0.4 is 4.90 Å². The summed E-state index contributed by atoms with van der Waals surface area (Å²) in [4.78, 5) is 13.3. The van der Waals surface area contributed by atoms with Crippen molar-refractivity contribution in [1.29, 1.82) is 0 Å². The fourth-order valence-electron chi connectivity index (χ4n) is 2.77. The van der Waals surface area contributed by atoms with Gasteiger partial charge in [0.25, 0.3) is 0 Å². The fraction of sp³-hybridized carbons (Fsp3) is 0.562. The van der Waals surface area contributed by atoms with Crippen LogP contribution in [-0.2, 0) is 16.1 Å². The molecule has 19 heavy (non-hydrogen) atoms. The van der Waals surface area contributed by atoms with Crippen LogP contribution in [0.1, 0.15) is 30.9 Å². The summed E-state index contributed by atoms with van der Waals surface area (Å²) in [6.45, 7) is 7.54. The molecule has 0 amide bonds. The number of benzene rings is 1. The largest absolute Gasteiger partial charge is 0.466 e. The quantitative estimate of drug-likeness (QED) is 0.831. The molecule has 1 aromatic carbocycles. The van der Waals surface area contributed by atoms with Crippen molar-refractivity contribution < 1.29 is 14.4 Å². The average molecular weight is 262 g/mol. The summed E-state index contributed by atoms with van der Waals surface area (Å²) >= 11 is 0. The van der Waals surface area contributed by atoms with Crippen molar-refractivity contribution in [2.45, 2.75) is 33.2 Å². The van der Waals surface area contributed by atoms with E-state index in [1.165, 1.54) is 16.0 Å². The lowest BCUT2D eigenvalue weighted by Crippen LogP contribution is -3.12. The number of hydrogen-bond acceptors (Lipinski definition) is 2. The van der Waals surface area contributed by atoms with Gasteiger partial charge in [-0.2, -0.15) is 0 Å². The van der Waals surface area contributed by atoms with Gasteiger partial charge in [0, 0.05) is 5.56 Å². The summed E-state index contributed by atoms with van der Waals surface area (Å²) in [7, 11) is 0. The lowest BCUT2D eigenvalue weighted by atomic mass is 9.97. The molecule has 104 valence electrons. The highest BCUT2D eigenvalue weighted by atomic mass is 16.5. The van der Waals surface area contributed by atoms with Crippen LogP contribution >= 0.6 is 0 Å². The van der Waals surface area contributed by atoms with Crippen molar-refractivity contribution in [1.82, 2.24) is 0 Å². The second-order valence-electron chi connectivity index (χ2n) is 5.46. The predicted octanol–water partition coefficient (Wildman–Crippen LogP) is 1.35. The van der Waals surface area contributed by atoms with Gasteiger partial charge < -0.3 is 9.64 Å². The molecular weight excluding hydrogens is 238 g/mol. The third-order valence-electron chi connectivity index (χ3n) is 3.81. The fourth-order valence-corrected chi connectivity index (χ4v) is 2.77. The maximum atomic E-state index is 11.8. The zero-order valence-corrected chi connectivity index (χ0v) is 11.9. The molecule has 0 spiro atoms. The Morgan fingerprint density at radius 2 is 2.11 bits per heavy atom. The van der Waals surface area contributed by atoms with E-state index in [1.807, 2.05) is 6.92 Å². The second-order valence-corrected chi connectivity index (χ2v) is 5.46. The first kappa shape index (κ1) is 14.1. The molecule has 3 nitrogen and oxygen atoms in total. The van der Waals surface area contributed by atoms with E-state index in [1.54, 1.807) is 0 Å². The minimum atomic E-state index is -0.0105. The van der Waals surface area contributed by atoms with E-state index in [2.05, 4.69) is 31.2 Å². The molecule has 0 radical (unpaired) electrons. The Bertz CT molecular complexity index is 413. The van der Waals surface area contributed by atoms with Crippen molar-refractivity contribution in [3.05, 3.63) is 35.4 Å². The summed E-state index contributed by atoms with van der Waals surface area (Å²) in [6.07, 6.45) is 2.10. The molecular formula is C16H24NO2+. The predicted molar refractivity (Wildman–Crippen MR) is 74.9 cm³/mol. The van der Waals surface area contributed by atoms with Crippen molar-refractivity contribution in [2.24, 2.45) is 5.92 Å². The number of hydrogen-bond donors (Lipinski definition) is 1. The third-order valence-corrected chi connectivity index (χ3v) is 3.81. The van der Waals surface area contributed by atoms with Gasteiger partial charge >= 0.3 is 5.97 Å². The highest BCUT2D eigenvalue weighted by Gasteiger charge is 2.29. The molecule has 1 aliphatic rings. The van der Waals surface area contributed by atoms with Crippen molar-refractivity contribution in [3.63, 3.8) is 0 Å². The monoisotopic (exact) mass is 262 g/mol. The van der Waals surface area contributed by atoms with Gasteiger partial charge in [0.2, 0.25) is 0 Å². The van der Waals surface area contributed by atoms with Gasteiger partial charge in [-0.1, -0.05) is 29.8 Å². The molecule has 0 saturated carbocycles. The van der Waals surface area contributed by atoms with Gasteiger partial charge in [0.1, 0.15) is 12.5 Å². The molecule has 2 atom stereocenters. The highest BCUT2D eigenvalue weighted by Crippen LogP contribution is 2.10. The Morgan fingerprint density at radius 1 is 1.37 bits per heavy atom. The van der Waals surface area contributed by atoms with E-state index < -0.39 is 0 Å². The van der Waals surface area contributed by atoms with Gasteiger partial charge in [0.05, 0.1) is 19.7 Å². The van der Waals surface area contributed by atoms with Crippen LogP contribution in [0.4, 0.5) is 0 Å². The molecule has 1 saturated heterocycles. The van der Waals surface area contributed by atoms with Gasteiger partial charge in [-0.25, -0.2) is 0 Å². The van der Waals surface area contributed by atoms with Gasteiger partial charge in [-0.15, -0.1) is 0 Å². The molecule has 0 aliphatic carbocycles.